The van der Waals surface area contributed by atoms with Gasteiger partial charge in [-0.3, -0.25) is 9.59 Å². The first-order valence-electron chi connectivity index (χ1n) is 12.0. The Morgan fingerprint density at radius 1 is 1.11 bits per heavy atom. The fourth-order valence-electron chi connectivity index (χ4n) is 4.29. The molecular formula is C28H31FN2O3S. The Hall–Kier alpha value is -3.19. The van der Waals surface area contributed by atoms with E-state index in [1.54, 1.807) is 51.5 Å². The van der Waals surface area contributed by atoms with E-state index in [0.717, 1.165) is 18.4 Å². The normalized spacial score (nSPS) is 15.1. The van der Waals surface area contributed by atoms with Crippen molar-refractivity contribution in [1.82, 2.24) is 9.80 Å². The Kier molecular flexibility index (Phi) is 8.18. The number of halogens is 1. The smallest absolute Gasteiger partial charge is 0.254 e. The number of hydrogen-bond donors (Lipinski definition) is 0. The van der Waals surface area contributed by atoms with E-state index in [1.165, 1.54) is 10.9 Å². The molecule has 1 aliphatic rings. The van der Waals surface area contributed by atoms with Gasteiger partial charge in [0.15, 0.2) is 11.6 Å². The third-order valence-electron chi connectivity index (χ3n) is 6.26. The summed E-state index contributed by atoms with van der Waals surface area (Å²) in [5.74, 6) is -0.134. The fraction of sp³-hybridized carbons (Fsp3) is 0.357. The molecule has 0 radical (unpaired) electrons. The van der Waals surface area contributed by atoms with Gasteiger partial charge in [-0.1, -0.05) is 44.2 Å². The molecule has 2 heterocycles. The van der Waals surface area contributed by atoms with Crippen LogP contribution in [0.25, 0.3) is 0 Å². The highest BCUT2D eigenvalue weighted by Gasteiger charge is 2.33. The van der Waals surface area contributed by atoms with Gasteiger partial charge in [0.05, 0.1) is 6.04 Å². The van der Waals surface area contributed by atoms with Gasteiger partial charge >= 0.3 is 0 Å². The lowest BCUT2D eigenvalue weighted by molar-refractivity contribution is -0.135. The molecular weight excluding hydrogens is 463 g/mol. The summed E-state index contributed by atoms with van der Waals surface area (Å²) in [6.07, 6.45) is 1.56. The van der Waals surface area contributed by atoms with Gasteiger partial charge in [0.2, 0.25) is 5.91 Å². The van der Waals surface area contributed by atoms with E-state index in [9.17, 15) is 14.0 Å². The molecule has 184 valence electrons. The second-order valence-corrected chi connectivity index (χ2v) is 10.2. The van der Waals surface area contributed by atoms with Gasteiger partial charge in [0.1, 0.15) is 13.2 Å². The second-order valence-electron chi connectivity index (χ2n) is 9.17. The molecule has 35 heavy (non-hydrogen) atoms. The standard InChI is InChI=1S/C28H31FN2O3S/c1-20(2)12-15-30(28(33)21-8-4-3-5-9-21)18-27(32)31-16-13-26-22(14-17-35-26)24(31)19-34-25-11-7-6-10-23(25)29/h3-11,14,17,20,24H,12-13,15-16,18-19H2,1-2H3/t24-/m1/s1. The van der Waals surface area contributed by atoms with E-state index in [2.05, 4.69) is 13.8 Å². The molecule has 0 saturated heterocycles. The first kappa shape index (κ1) is 24.9. The lowest BCUT2D eigenvalue weighted by atomic mass is 10.00. The molecule has 0 saturated carbocycles. The Labute approximate surface area is 210 Å². The SMILES string of the molecule is CC(C)CCN(CC(=O)N1CCc2sccc2[C@H]1COc1ccccc1F)C(=O)c1ccccc1. The lowest BCUT2D eigenvalue weighted by Crippen LogP contribution is -2.48. The number of thiophene rings is 1. The number of carbonyl (C=O) groups excluding carboxylic acids is 2. The highest BCUT2D eigenvalue weighted by molar-refractivity contribution is 7.10. The predicted octanol–water partition coefficient (Wildman–Crippen LogP) is 5.58. The highest BCUT2D eigenvalue weighted by atomic mass is 32.1. The Morgan fingerprint density at radius 2 is 1.86 bits per heavy atom. The van der Waals surface area contributed by atoms with Crippen molar-refractivity contribution < 1.29 is 18.7 Å². The van der Waals surface area contributed by atoms with E-state index in [1.807, 2.05) is 29.6 Å². The third kappa shape index (κ3) is 6.09. The summed E-state index contributed by atoms with van der Waals surface area (Å²) in [7, 11) is 0. The van der Waals surface area contributed by atoms with E-state index in [4.69, 9.17) is 4.74 Å². The summed E-state index contributed by atoms with van der Waals surface area (Å²) in [6.45, 7) is 5.39. The second kappa shape index (κ2) is 11.5. The van der Waals surface area contributed by atoms with Crippen LogP contribution < -0.4 is 4.74 Å². The number of rotatable bonds is 9. The van der Waals surface area contributed by atoms with Gasteiger partial charge in [0, 0.05) is 23.5 Å². The minimum atomic E-state index is -0.431. The predicted molar refractivity (Wildman–Crippen MR) is 136 cm³/mol. The average molecular weight is 495 g/mol. The van der Waals surface area contributed by atoms with Crippen LogP contribution in [0.2, 0.25) is 0 Å². The summed E-state index contributed by atoms with van der Waals surface area (Å²) in [5.41, 5.74) is 1.61. The van der Waals surface area contributed by atoms with Crippen molar-refractivity contribution in [3.05, 3.63) is 87.9 Å². The zero-order valence-electron chi connectivity index (χ0n) is 20.2. The largest absolute Gasteiger partial charge is 0.488 e. The number of nitrogens with zero attached hydrogens (tertiary/aromatic N) is 2. The number of carbonyl (C=O) groups is 2. The first-order chi connectivity index (χ1) is 16.9. The molecule has 0 spiro atoms. The summed E-state index contributed by atoms with van der Waals surface area (Å²) in [5, 5.41) is 2.02. The molecule has 1 aliphatic heterocycles. The molecule has 5 nitrogen and oxygen atoms in total. The summed E-state index contributed by atoms with van der Waals surface area (Å²) in [6, 6.07) is 17.0. The molecule has 3 aromatic rings. The monoisotopic (exact) mass is 494 g/mol. The number of benzene rings is 2. The molecule has 1 atom stereocenters. The van der Waals surface area contributed by atoms with Crippen LogP contribution in [-0.2, 0) is 11.2 Å². The van der Waals surface area contributed by atoms with E-state index < -0.39 is 5.82 Å². The van der Waals surface area contributed by atoms with Gasteiger partial charge in [-0.15, -0.1) is 11.3 Å². The van der Waals surface area contributed by atoms with Gasteiger partial charge < -0.3 is 14.5 Å². The molecule has 0 bridgehead atoms. The van der Waals surface area contributed by atoms with Crippen LogP contribution in [0.4, 0.5) is 4.39 Å². The quantitative estimate of drug-likeness (QED) is 0.390. The number of hydrogen-bond acceptors (Lipinski definition) is 4. The summed E-state index contributed by atoms with van der Waals surface area (Å²) >= 11 is 1.66. The van der Waals surface area contributed by atoms with Gasteiger partial charge in [0.25, 0.3) is 5.91 Å². The molecule has 0 aliphatic carbocycles. The van der Waals surface area contributed by atoms with Crippen molar-refractivity contribution in [3.63, 3.8) is 0 Å². The summed E-state index contributed by atoms with van der Waals surface area (Å²) < 4.78 is 20.0. The molecule has 2 amide bonds. The van der Waals surface area contributed by atoms with Crippen molar-refractivity contribution in [2.45, 2.75) is 32.7 Å². The van der Waals surface area contributed by atoms with Crippen LogP contribution >= 0.6 is 11.3 Å². The average Bonchev–Trinajstić information content (AvgIpc) is 3.35. The van der Waals surface area contributed by atoms with Crippen LogP contribution in [0.3, 0.4) is 0 Å². The van der Waals surface area contributed by atoms with E-state index in [0.29, 0.717) is 24.6 Å². The van der Waals surface area contributed by atoms with Gasteiger partial charge in [-0.2, -0.15) is 0 Å². The number of amides is 2. The Morgan fingerprint density at radius 3 is 2.60 bits per heavy atom. The minimum Gasteiger partial charge on any atom is -0.488 e. The number of ether oxygens (including phenoxy) is 1. The molecule has 4 rings (SSSR count). The topological polar surface area (TPSA) is 49.9 Å². The fourth-order valence-corrected chi connectivity index (χ4v) is 5.22. The number of fused-ring (bicyclic) bond motifs is 1. The zero-order chi connectivity index (χ0) is 24.8. The molecule has 0 fully saturated rings. The van der Waals surface area contributed by atoms with Gasteiger partial charge in [-0.05, 0) is 60.0 Å². The van der Waals surface area contributed by atoms with E-state index >= 15 is 0 Å². The number of para-hydroxylation sites is 1. The molecule has 0 N–H and O–H groups in total. The van der Waals surface area contributed by atoms with Crippen molar-refractivity contribution in [2.24, 2.45) is 5.92 Å². The van der Waals surface area contributed by atoms with Crippen molar-refractivity contribution in [2.75, 3.05) is 26.2 Å². The van der Waals surface area contributed by atoms with Crippen LogP contribution in [-0.4, -0.2) is 47.9 Å². The maximum Gasteiger partial charge on any atom is 0.254 e. The Balaban J connectivity index is 1.53. The van der Waals surface area contributed by atoms with Gasteiger partial charge in [-0.25, -0.2) is 4.39 Å². The summed E-state index contributed by atoms with van der Waals surface area (Å²) in [4.78, 5) is 31.5. The molecule has 7 heteroatoms. The zero-order valence-corrected chi connectivity index (χ0v) is 21.0. The minimum absolute atomic E-state index is 0.00385. The third-order valence-corrected chi connectivity index (χ3v) is 7.26. The van der Waals surface area contributed by atoms with Crippen molar-refractivity contribution >= 4 is 23.2 Å². The maximum atomic E-state index is 14.2. The van der Waals surface area contributed by atoms with Crippen molar-refractivity contribution in [1.29, 1.82) is 0 Å². The van der Waals surface area contributed by atoms with Crippen LogP contribution in [0.1, 0.15) is 47.1 Å². The van der Waals surface area contributed by atoms with Crippen molar-refractivity contribution in [3.8, 4) is 5.75 Å². The van der Waals surface area contributed by atoms with Crippen LogP contribution in [0.5, 0.6) is 5.75 Å². The lowest BCUT2D eigenvalue weighted by Gasteiger charge is -2.37. The first-order valence-corrected chi connectivity index (χ1v) is 12.9. The molecule has 1 aromatic heterocycles. The molecule has 0 unspecified atom stereocenters. The maximum absolute atomic E-state index is 14.2. The highest BCUT2D eigenvalue weighted by Crippen LogP contribution is 2.34. The Bertz CT molecular complexity index is 1150. The van der Waals surface area contributed by atoms with Crippen LogP contribution in [0.15, 0.2) is 66.0 Å². The van der Waals surface area contributed by atoms with E-state index in [-0.39, 0.29) is 36.8 Å². The molecule has 2 aromatic carbocycles. The van der Waals surface area contributed by atoms with Crippen LogP contribution in [0, 0.1) is 11.7 Å².